The fraction of sp³-hybridized carbons (Fsp3) is 0.0909. The van der Waals surface area contributed by atoms with Gasteiger partial charge in [0.1, 0.15) is 18.2 Å². The van der Waals surface area contributed by atoms with Crippen LogP contribution in [0, 0.1) is 11.6 Å². The molecule has 0 spiro atoms. The van der Waals surface area contributed by atoms with Crippen LogP contribution in [0.25, 0.3) is 0 Å². The van der Waals surface area contributed by atoms with Gasteiger partial charge in [0, 0.05) is 5.56 Å². The zero-order chi connectivity index (χ0) is 20.6. The predicted octanol–water partition coefficient (Wildman–Crippen LogP) is 4.32. The van der Waals surface area contributed by atoms with Crippen molar-refractivity contribution < 1.29 is 23.0 Å². The number of methoxy groups -OCH3 is 1. The maximum atomic E-state index is 13.0. The van der Waals surface area contributed by atoms with Crippen molar-refractivity contribution in [2.45, 2.75) is 6.61 Å². The highest BCUT2D eigenvalue weighted by Gasteiger charge is 2.07. The summed E-state index contributed by atoms with van der Waals surface area (Å²) in [5, 5.41) is 3.90. The summed E-state index contributed by atoms with van der Waals surface area (Å²) in [4.78, 5) is 11.9. The molecular formula is C22H18F2N2O3. The highest BCUT2D eigenvalue weighted by Crippen LogP contribution is 2.28. The summed E-state index contributed by atoms with van der Waals surface area (Å²) >= 11 is 0. The third-order valence-electron chi connectivity index (χ3n) is 3.98. The van der Waals surface area contributed by atoms with E-state index < -0.39 is 11.7 Å². The number of nitrogens with one attached hydrogen (secondary N) is 1. The molecule has 0 bridgehead atoms. The lowest BCUT2D eigenvalue weighted by Gasteiger charge is -2.11. The van der Waals surface area contributed by atoms with Crippen molar-refractivity contribution in [3.63, 3.8) is 0 Å². The van der Waals surface area contributed by atoms with Crippen molar-refractivity contribution in [2.75, 3.05) is 7.11 Å². The molecule has 0 saturated carbocycles. The lowest BCUT2D eigenvalue weighted by molar-refractivity contribution is 0.0955. The number of nitrogens with zero attached hydrogens (tertiary/aromatic N) is 1. The third kappa shape index (κ3) is 5.62. The molecule has 0 unspecified atom stereocenters. The van der Waals surface area contributed by atoms with Gasteiger partial charge < -0.3 is 9.47 Å². The van der Waals surface area contributed by atoms with Gasteiger partial charge in [0.25, 0.3) is 5.91 Å². The lowest BCUT2D eigenvalue weighted by atomic mass is 10.2. The number of carbonyl (C=O) groups excluding carboxylic acids is 1. The molecule has 5 nitrogen and oxygen atoms in total. The maximum Gasteiger partial charge on any atom is 0.271 e. The Morgan fingerprint density at radius 3 is 2.28 bits per heavy atom. The Labute approximate surface area is 166 Å². The molecule has 0 fully saturated rings. The van der Waals surface area contributed by atoms with E-state index >= 15 is 0 Å². The number of carbonyl (C=O) groups is 1. The Morgan fingerprint density at radius 2 is 1.62 bits per heavy atom. The van der Waals surface area contributed by atoms with Crippen LogP contribution in [0.4, 0.5) is 8.78 Å². The van der Waals surface area contributed by atoms with Gasteiger partial charge in [-0.3, -0.25) is 4.79 Å². The van der Waals surface area contributed by atoms with Gasteiger partial charge >= 0.3 is 0 Å². The molecule has 0 saturated heterocycles. The number of halogens is 2. The first-order valence-corrected chi connectivity index (χ1v) is 8.69. The van der Waals surface area contributed by atoms with E-state index in [-0.39, 0.29) is 12.4 Å². The molecule has 1 N–H and O–H groups in total. The summed E-state index contributed by atoms with van der Waals surface area (Å²) in [6.45, 7) is 0.262. The topological polar surface area (TPSA) is 59.9 Å². The highest BCUT2D eigenvalue weighted by atomic mass is 19.1. The van der Waals surface area contributed by atoms with E-state index in [0.29, 0.717) is 22.6 Å². The molecule has 3 aromatic carbocycles. The molecule has 1 amide bonds. The van der Waals surface area contributed by atoms with E-state index in [1.807, 2.05) is 0 Å². The van der Waals surface area contributed by atoms with Crippen LogP contribution in [0.5, 0.6) is 11.5 Å². The Bertz CT molecular complexity index is 1000. The van der Waals surface area contributed by atoms with Crippen LogP contribution >= 0.6 is 0 Å². The maximum absolute atomic E-state index is 13.0. The third-order valence-corrected chi connectivity index (χ3v) is 3.98. The second-order valence-electron chi connectivity index (χ2n) is 6.03. The first kappa shape index (κ1) is 20.0. The van der Waals surface area contributed by atoms with Crippen LogP contribution in [0.2, 0.25) is 0 Å². The van der Waals surface area contributed by atoms with Crippen molar-refractivity contribution in [1.29, 1.82) is 0 Å². The highest BCUT2D eigenvalue weighted by molar-refractivity contribution is 5.94. The average Bonchev–Trinajstić information content (AvgIpc) is 2.74. The van der Waals surface area contributed by atoms with Gasteiger partial charge in [-0.2, -0.15) is 5.10 Å². The van der Waals surface area contributed by atoms with Gasteiger partial charge in [0.2, 0.25) is 0 Å². The summed E-state index contributed by atoms with van der Waals surface area (Å²) in [7, 11) is 1.51. The van der Waals surface area contributed by atoms with E-state index in [1.165, 1.54) is 49.7 Å². The van der Waals surface area contributed by atoms with Gasteiger partial charge in [-0.25, -0.2) is 14.2 Å². The standard InChI is InChI=1S/C22H18F2N2O3/c1-28-21-12-16(13-25-26-22(27)17-5-9-19(24)10-6-17)4-11-20(21)29-14-15-2-7-18(23)8-3-15/h2-13H,14H2,1H3,(H,26,27)/b25-13-. The molecule has 0 atom stereocenters. The largest absolute Gasteiger partial charge is 0.493 e. The molecule has 0 aliphatic carbocycles. The van der Waals surface area contributed by atoms with Gasteiger partial charge in [-0.15, -0.1) is 0 Å². The van der Waals surface area contributed by atoms with E-state index in [2.05, 4.69) is 10.5 Å². The summed E-state index contributed by atoms with van der Waals surface area (Å²) < 4.78 is 36.9. The van der Waals surface area contributed by atoms with Crippen LogP contribution in [0.1, 0.15) is 21.5 Å². The van der Waals surface area contributed by atoms with E-state index in [4.69, 9.17) is 9.47 Å². The molecule has 7 heteroatoms. The summed E-state index contributed by atoms with van der Waals surface area (Å²) in [5.74, 6) is -0.168. The average molecular weight is 396 g/mol. The quantitative estimate of drug-likeness (QED) is 0.478. The normalized spacial score (nSPS) is 10.7. The first-order chi connectivity index (χ1) is 14.0. The summed E-state index contributed by atoms with van der Waals surface area (Å²) in [6, 6.07) is 16.3. The van der Waals surface area contributed by atoms with Crippen molar-refractivity contribution >= 4 is 12.1 Å². The fourth-order valence-corrected chi connectivity index (χ4v) is 2.46. The Balaban J connectivity index is 1.61. The zero-order valence-corrected chi connectivity index (χ0v) is 15.6. The molecule has 29 heavy (non-hydrogen) atoms. The number of hydrazone groups is 1. The lowest BCUT2D eigenvalue weighted by Crippen LogP contribution is -2.17. The van der Waals surface area contributed by atoms with Crippen LogP contribution in [-0.2, 0) is 6.61 Å². The van der Waals surface area contributed by atoms with Crippen LogP contribution in [0.15, 0.2) is 71.8 Å². The van der Waals surface area contributed by atoms with Gasteiger partial charge in [-0.1, -0.05) is 12.1 Å². The van der Waals surface area contributed by atoms with Crippen LogP contribution < -0.4 is 14.9 Å². The van der Waals surface area contributed by atoms with Gasteiger partial charge in [0.15, 0.2) is 11.5 Å². The van der Waals surface area contributed by atoms with Crippen molar-refractivity contribution in [2.24, 2.45) is 5.10 Å². The zero-order valence-electron chi connectivity index (χ0n) is 15.6. The summed E-state index contributed by atoms with van der Waals surface area (Å²) in [5.41, 5.74) is 4.17. The predicted molar refractivity (Wildman–Crippen MR) is 105 cm³/mol. The van der Waals surface area contributed by atoms with Gasteiger partial charge in [-0.05, 0) is 65.7 Å². The van der Waals surface area contributed by atoms with E-state index in [0.717, 1.165) is 5.56 Å². The Kier molecular flexibility index (Phi) is 6.52. The molecule has 0 radical (unpaired) electrons. The molecule has 3 aromatic rings. The first-order valence-electron chi connectivity index (χ1n) is 8.69. The van der Waals surface area contributed by atoms with Crippen molar-refractivity contribution in [3.8, 4) is 11.5 Å². The smallest absolute Gasteiger partial charge is 0.271 e. The molecule has 148 valence electrons. The molecular weight excluding hydrogens is 378 g/mol. The number of amides is 1. The Hall–Kier alpha value is -3.74. The molecule has 0 aliphatic heterocycles. The number of hydrogen-bond donors (Lipinski definition) is 1. The number of benzene rings is 3. The SMILES string of the molecule is COc1cc(/C=N\NC(=O)c2ccc(F)cc2)ccc1OCc1ccc(F)cc1. The number of ether oxygens (including phenoxy) is 2. The van der Waals surface area contributed by atoms with Crippen molar-refractivity contribution in [3.05, 3.63) is 95.1 Å². The van der Waals surface area contributed by atoms with E-state index in [1.54, 1.807) is 30.3 Å². The Morgan fingerprint density at radius 1 is 0.966 bits per heavy atom. The summed E-state index contributed by atoms with van der Waals surface area (Å²) in [6.07, 6.45) is 1.45. The second kappa shape index (κ2) is 9.45. The monoisotopic (exact) mass is 396 g/mol. The minimum Gasteiger partial charge on any atom is -0.493 e. The van der Waals surface area contributed by atoms with Crippen molar-refractivity contribution in [1.82, 2.24) is 5.43 Å². The van der Waals surface area contributed by atoms with Gasteiger partial charge in [0.05, 0.1) is 13.3 Å². The minimum atomic E-state index is -0.451. The number of hydrogen-bond acceptors (Lipinski definition) is 4. The second-order valence-corrected chi connectivity index (χ2v) is 6.03. The molecule has 0 aliphatic rings. The van der Waals surface area contributed by atoms with E-state index in [9.17, 15) is 13.6 Å². The molecule has 0 aromatic heterocycles. The van der Waals surface area contributed by atoms with Crippen LogP contribution in [-0.4, -0.2) is 19.2 Å². The molecule has 0 heterocycles. The van der Waals surface area contributed by atoms with Crippen LogP contribution in [0.3, 0.4) is 0 Å². The fourth-order valence-electron chi connectivity index (χ4n) is 2.46. The number of rotatable bonds is 7. The molecule has 3 rings (SSSR count). The minimum absolute atomic E-state index is 0.262.